The summed E-state index contributed by atoms with van der Waals surface area (Å²) in [5.74, 6) is -1.53. The Kier molecular flexibility index (Phi) is 5.37. The quantitative estimate of drug-likeness (QED) is 0.568. The van der Waals surface area contributed by atoms with Crippen LogP contribution in [-0.2, 0) is 14.3 Å². The number of aliphatic carboxylic acids is 1. The number of ether oxygens (including phenoxy) is 1. The molecular weight excluding hydrogens is 148 g/mol. The predicted octanol–water partition coefficient (Wildman–Crippen LogP) is 0.313. The van der Waals surface area contributed by atoms with Crippen LogP contribution in [0, 0.1) is 5.92 Å². The summed E-state index contributed by atoms with van der Waals surface area (Å²) in [6.07, 6.45) is 1.08. The van der Waals surface area contributed by atoms with Gasteiger partial charge in [0.25, 0.3) is 0 Å². The molecule has 0 radical (unpaired) electrons. The van der Waals surface area contributed by atoms with Gasteiger partial charge in [-0.25, -0.2) is 0 Å². The summed E-state index contributed by atoms with van der Waals surface area (Å²) in [5, 5.41) is 8.52. The molecule has 0 heterocycles. The lowest BCUT2D eigenvalue weighted by Gasteiger charge is -2.06. The first-order valence-corrected chi connectivity index (χ1v) is 3.37. The first-order valence-electron chi connectivity index (χ1n) is 3.37. The number of methoxy groups -OCH3 is 1. The van der Waals surface area contributed by atoms with E-state index in [0.29, 0.717) is 19.3 Å². The summed E-state index contributed by atoms with van der Waals surface area (Å²) in [6, 6.07) is 0. The molecule has 0 aliphatic heterocycles. The van der Waals surface area contributed by atoms with Crippen LogP contribution < -0.4 is 0 Å². The molecule has 11 heavy (non-hydrogen) atoms. The first kappa shape index (κ1) is 10.1. The lowest BCUT2D eigenvalue weighted by Crippen LogP contribution is -2.16. The van der Waals surface area contributed by atoms with Crippen molar-refractivity contribution in [2.24, 2.45) is 5.92 Å². The minimum Gasteiger partial charge on any atom is -0.481 e. The van der Waals surface area contributed by atoms with Crippen molar-refractivity contribution in [2.75, 3.05) is 13.7 Å². The zero-order valence-corrected chi connectivity index (χ0v) is 6.45. The Bertz CT molecular complexity index is 132. The second-order valence-electron chi connectivity index (χ2n) is 2.22. The van der Waals surface area contributed by atoms with E-state index in [1.54, 1.807) is 0 Å². The minimum absolute atomic E-state index is 0.0681. The number of carbonyl (C=O) groups is 2. The Hall–Kier alpha value is -0.900. The van der Waals surface area contributed by atoms with Gasteiger partial charge in [0.15, 0.2) is 0 Å². The number of hydrogen-bond donors (Lipinski definition) is 1. The molecule has 4 heteroatoms. The number of carboxylic acids is 1. The van der Waals surface area contributed by atoms with Crippen LogP contribution in [0.15, 0.2) is 0 Å². The Balaban J connectivity index is 3.69. The molecule has 0 bridgehead atoms. The van der Waals surface area contributed by atoms with Crippen LogP contribution >= 0.6 is 0 Å². The van der Waals surface area contributed by atoms with E-state index >= 15 is 0 Å². The van der Waals surface area contributed by atoms with E-state index in [-0.39, 0.29) is 6.42 Å². The molecule has 0 aliphatic rings. The molecule has 0 amide bonds. The Labute approximate surface area is 65.2 Å². The maximum Gasteiger partial charge on any atom is 0.307 e. The van der Waals surface area contributed by atoms with Gasteiger partial charge in [0.1, 0.15) is 6.29 Å². The molecule has 1 atom stereocenters. The van der Waals surface area contributed by atoms with E-state index in [9.17, 15) is 9.59 Å². The summed E-state index contributed by atoms with van der Waals surface area (Å²) in [4.78, 5) is 20.4. The number of carboxylic acid groups (broad SMARTS) is 1. The molecule has 0 spiro atoms. The second kappa shape index (κ2) is 5.85. The molecule has 4 nitrogen and oxygen atoms in total. The van der Waals surface area contributed by atoms with E-state index in [2.05, 4.69) is 4.74 Å². The third-order valence-corrected chi connectivity index (χ3v) is 1.40. The van der Waals surface area contributed by atoms with E-state index in [1.165, 1.54) is 7.11 Å². The minimum atomic E-state index is -0.936. The zero-order valence-electron chi connectivity index (χ0n) is 6.45. The van der Waals surface area contributed by atoms with Gasteiger partial charge in [0.05, 0.1) is 5.92 Å². The number of hydrogen-bond acceptors (Lipinski definition) is 3. The number of rotatable bonds is 6. The van der Waals surface area contributed by atoms with Crippen molar-refractivity contribution in [1.82, 2.24) is 0 Å². The molecule has 0 aromatic carbocycles. The molecule has 1 N–H and O–H groups in total. The molecule has 0 fully saturated rings. The Morgan fingerprint density at radius 1 is 1.73 bits per heavy atom. The van der Waals surface area contributed by atoms with Gasteiger partial charge in [-0.15, -0.1) is 0 Å². The van der Waals surface area contributed by atoms with Crippen molar-refractivity contribution in [3.05, 3.63) is 0 Å². The van der Waals surface area contributed by atoms with Gasteiger partial charge >= 0.3 is 5.97 Å². The molecule has 0 aromatic rings. The summed E-state index contributed by atoms with van der Waals surface area (Å²) in [6.45, 7) is 0.380. The summed E-state index contributed by atoms with van der Waals surface area (Å²) in [5.41, 5.74) is 0. The van der Waals surface area contributed by atoms with Crippen LogP contribution in [0.25, 0.3) is 0 Å². The third kappa shape index (κ3) is 4.50. The van der Waals surface area contributed by atoms with Crippen LogP contribution in [0.5, 0.6) is 0 Å². The standard InChI is InChI=1S/C7H12O4/c1-11-5-3-6(2-4-8)7(9)10/h4,6H,2-3,5H2,1H3,(H,9,10). The van der Waals surface area contributed by atoms with Crippen molar-refractivity contribution in [3.8, 4) is 0 Å². The van der Waals surface area contributed by atoms with E-state index in [1.807, 2.05) is 0 Å². The average molecular weight is 160 g/mol. The highest BCUT2D eigenvalue weighted by atomic mass is 16.5. The maximum absolute atomic E-state index is 10.4. The fraction of sp³-hybridized carbons (Fsp3) is 0.714. The lowest BCUT2D eigenvalue weighted by atomic mass is 10.0. The topological polar surface area (TPSA) is 63.6 Å². The number of aldehydes is 1. The molecule has 0 saturated carbocycles. The van der Waals surface area contributed by atoms with E-state index in [0.717, 1.165) is 0 Å². The van der Waals surface area contributed by atoms with E-state index in [4.69, 9.17) is 5.11 Å². The summed E-state index contributed by atoms with van der Waals surface area (Å²) in [7, 11) is 1.50. The molecule has 0 rings (SSSR count). The van der Waals surface area contributed by atoms with Crippen LogP contribution in [0.4, 0.5) is 0 Å². The van der Waals surface area contributed by atoms with Crippen molar-refractivity contribution in [1.29, 1.82) is 0 Å². The molecule has 0 saturated heterocycles. The van der Waals surface area contributed by atoms with Gasteiger partial charge in [-0.1, -0.05) is 0 Å². The van der Waals surface area contributed by atoms with Crippen molar-refractivity contribution >= 4 is 12.3 Å². The average Bonchev–Trinajstić information content (AvgIpc) is 1.97. The van der Waals surface area contributed by atoms with Crippen molar-refractivity contribution < 1.29 is 19.4 Å². The SMILES string of the molecule is COCCC(CC=O)C(=O)O. The van der Waals surface area contributed by atoms with Crippen LogP contribution in [-0.4, -0.2) is 31.1 Å². The second-order valence-corrected chi connectivity index (χ2v) is 2.22. The van der Waals surface area contributed by atoms with Crippen molar-refractivity contribution in [3.63, 3.8) is 0 Å². The highest BCUT2D eigenvalue weighted by Crippen LogP contribution is 2.06. The van der Waals surface area contributed by atoms with Gasteiger partial charge in [0, 0.05) is 20.1 Å². The summed E-state index contributed by atoms with van der Waals surface area (Å²) >= 11 is 0. The highest BCUT2D eigenvalue weighted by molar-refractivity contribution is 5.73. The van der Waals surface area contributed by atoms with E-state index < -0.39 is 11.9 Å². The first-order chi connectivity index (χ1) is 5.22. The maximum atomic E-state index is 10.4. The highest BCUT2D eigenvalue weighted by Gasteiger charge is 2.15. The number of carbonyl (C=O) groups excluding carboxylic acids is 1. The third-order valence-electron chi connectivity index (χ3n) is 1.40. The lowest BCUT2D eigenvalue weighted by molar-refractivity contribution is -0.143. The fourth-order valence-corrected chi connectivity index (χ4v) is 0.718. The summed E-state index contributed by atoms with van der Waals surface area (Å²) < 4.78 is 4.69. The van der Waals surface area contributed by atoms with Gasteiger partial charge < -0.3 is 14.6 Å². The van der Waals surface area contributed by atoms with Crippen LogP contribution in [0.1, 0.15) is 12.8 Å². The predicted molar refractivity (Wildman–Crippen MR) is 38.3 cm³/mol. The normalized spacial score (nSPS) is 12.5. The zero-order chi connectivity index (χ0) is 8.69. The smallest absolute Gasteiger partial charge is 0.307 e. The van der Waals surface area contributed by atoms with Crippen molar-refractivity contribution in [2.45, 2.75) is 12.8 Å². The van der Waals surface area contributed by atoms with Gasteiger partial charge in [-0.05, 0) is 6.42 Å². The van der Waals surface area contributed by atoms with Crippen LogP contribution in [0.3, 0.4) is 0 Å². The molecular formula is C7H12O4. The Morgan fingerprint density at radius 2 is 2.36 bits per heavy atom. The van der Waals surface area contributed by atoms with Gasteiger partial charge in [-0.2, -0.15) is 0 Å². The Morgan fingerprint density at radius 3 is 2.73 bits per heavy atom. The van der Waals surface area contributed by atoms with Gasteiger partial charge in [0.2, 0.25) is 0 Å². The molecule has 1 unspecified atom stereocenters. The molecule has 0 aliphatic carbocycles. The molecule has 64 valence electrons. The molecule has 0 aromatic heterocycles. The fourth-order valence-electron chi connectivity index (χ4n) is 0.718. The van der Waals surface area contributed by atoms with Gasteiger partial charge in [-0.3, -0.25) is 4.79 Å². The largest absolute Gasteiger partial charge is 0.481 e. The monoisotopic (exact) mass is 160 g/mol. The van der Waals surface area contributed by atoms with Crippen LogP contribution in [0.2, 0.25) is 0 Å².